The van der Waals surface area contributed by atoms with Gasteiger partial charge in [0.05, 0.1) is 25.7 Å². The molecule has 0 aliphatic heterocycles. The molecule has 6 heteroatoms. The number of carbonyl (C=O) groups is 2. The van der Waals surface area contributed by atoms with Crippen molar-refractivity contribution >= 4 is 11.9 Å². The summed E-state index contributed by atoms with van der Waals surface area (Å²) in [7, 11) is 2.93. The monoisotopic (exact) mass is 343 g/mol. The number of carboxylic acid groups (broad SMARTS) is 1. The fourth-order valence-corrected chi connectivity index (χ4v) is 2.94. The lowest BCUT2D eigenvalue weighted by molar-refractivity contribution is -0.119. The molecule has 2 aromatic rings. The van der Waals surface area contributed by atoms with E-state index in [9.17, 15) is 14.7 Å². The maximum atomic E-state index is 12.0. The molecule has 2 aromatic carbocycles. The molecule has 1 atom stereocenters. The maximum Gasteiger partial charge on any atom is 0.336 e. The van der Waals surface area contributed by atoms with Gasteiger partial charge in [-0.05, 0) is 36.1 Å². The van der Waals surface area contributed by atoms with Crippen LogP contribution in [0.2, 0.25) is 0 Å². The molecule has 1 unspecified atom stereocenters. The first-order valence-electron chi connectivity index (χ1n) is 7.72. The molecule has 0 radical (unpaired) electrons. The highest BCUT2D eigenvalue weighted by molar-refractivity contribution is 5.92. The number of ether oxygens (including phenoxy) is 2. The Morgan fingerprint density at radius 3 is 2.28 bits per heavy atom. The smallest absolute Gasteiger partial charge is 0.336 e. The van der Waals surface area contributed by atoms with E-state index in [4.69, 9.17) is 15.2 Å². The van der Waals surface area contributed by atoms with Crippen molar-refractivity contribution < 1.29 is 24.2 Å². The normalized spacial score (nSPS) is 11.6. The zero-order chi connectivity index (χ0) is 18.6. The summed E-state index contributed by atoms with van der Waals surface area (Å²) in [6.07, 6.45) is 0.160. The van der Waals surface area contributed by atoms with Gasteiger partial charge in [0.1, 0.15) is 0 Å². The Morgan fingerprint density at radius 1 is 1.16 bits per heavy atom. The summed E-state index contributed by atoms with van der Waals surface area (Å²) in [5, 5.41) is 9.58. The minimum absolute atomic E-state index is 0.0670. The van der Waals surface area contributed by atoms with Gasteiger partial charge in [-0.1, -0.05) is 30.3 Å². The molecule has 2 rings (SSSR count). The SMILES string of the molecule is COc1cc(C(=O)O)c(CC(C(N)=O)c2ccccc2)c(C)c1OC. The summed E-state index contributed by atoms with van der Waals surface area (Å²) in [6.45, 7) is 1.74. The van der Waals surface area contributed by atoms with E-state index >= 15 is 0 Å². The molecular formula is C19H21NO5. The van der Waals surface area contributed by atoms with Crippen LogP contribution in [0, 0.1) is 6.92 Å². The highest BCUT2D eigenvalue weighted by Gasteiger charge is 2.26. The third-order valence-electron chi connectivity index (χ3n) is 4.23. The van der Waals surface area contributed by atoms with E-state index < -0.39 is 17.8 Å². The molecule has 0 aliphatic carbocycles. The Morgan fingerprint density at radius 2 is 1.80 bits per heavy atom. The lowest BCUT2D eigenvalue weighted by Crippen LogP contribution is -2.24. The van der Waals surface area contributed by atoms with Gasteiger partial charge in [-0.15, -0.1) is 0 Å². The van der Waals surface area contributed by atoms with E-state index in [-0.39, 0.29) is 12.0 Å². The average molecular weight is 343 g/mol. The number of rotatable bonds is 7. The standard InChI is InChI=1S/C19H21NO5/c1-11-13(9-14(18(20)21)12-7-5-4-6-8-12)15(19(22)23)10-16(24-2)17(11)25-3/h4-8,10,14H,9H2,1-3H3,(H2,20,21)(H,22,23). The van der Waals surface area contributed by atoms with Crippen molar-refractivity contribution in [3.8, 4) is 11.5 Å². The highest BCUT2D eigenvalue weighted by atomic mass is 16.5. The topological polar surface area (TPSA) is 98.9 Å². The van der Waals surface area contributed by atoms with Crippen molar-refractivity contribution in [1.29, 1.82) is 0 Å². The largest absolute Gasteiger partial charge is 0.493 e. The second kappa shape index (κ2) is 7.70. The number of benzene rings is 2. The predicted molar refractivity (Wildman–Crippen MR) is 93.3 cm³/mol. The van der Waals surface area contributed by atoms with E-state index in [2.05, 4.69) is 0 Å². The van der Waals surface area contributed by atoms with Gasteiger partial charge in [0.25, 0.3) is 0 Å². The van der Waals surface area contributed by atoms with Crippen LogP contribution in [0.15, 0.2) is 36.4 Å². The zero-order valence-electron chi connectivity index (χ0n) is 14.4. The number of carboxylic acids is 1. The number of primary amides is 1. The van der Waals surface area contributed by atoms with Crippen LogP contribution >= 0.6 is 0 Å². The first-order chi connectivity index (χ1) is 11.9. The summed E-state index contributed by atoms with van der Waals surface area (Å²) >= 11 is 0. The lowest BCUT2D eigenvalue weighted by Gasteiger charge is -2.20. The number of amides is 1. The lowest BCUT2D eigenvalue weighted by atomic mass is 9.87. The Kier molecular flexibility index (Phi) is 5.64. The van der Waals surface area contributed by atoms with Crippen LogP contribution in [-0.2, 0) is 11.2 Å². The molecule has 132 valence electrons. The third-order valence-corrected chi connectivity index (χ3v) is 4.23. The molecule has 0 spiro atoms. The summed E-state index contributed by atoms with van der Waals surface area (Å²) in [5.74, 6) is -1.49. The number of aromatic carboxylic acids is 1. The number of nitrogens with two attached hydrogens (primary N) is 1. The molecule has 25 heavy (non-hydrogen) atoms. The Balaban J connectivity index is 2.60. The van der Waals surface area contributed by atoms with Crippen LogP contribution in [0.4, 0.5) is 0 Å². The maximum absolute atomic E-state index is 12.0. The predicted octanol–water partition coefficient (Wildman–Crippen LogP) is 2.52. The fourth-order valence-electron chi connectivity index (χ4n) is 2.94. The van der Waals surface area contributed by atoms with Crippen molar-refractivity contribution in [3.05, 3.63) is 58.7 Å². The van der Waals surface area contributed by atoms with E-state index in [1.54, 1.807) is 19.1 Å². The van der Waals surface area contributed by atoms with Crippen molar-refractivity contribution in [1.82, 2.24) is 0 Å². The molecule has 0 saturated heterocycles. The highest BCUT2D eigenvalue weighted by Crippen LogP contribution is 2.37. The van der Waals surface area contributed by atoms with Crippen LogP contribution in [0.25, 0.3) is 0 Å². The quantitative estimate of drug-likeness (QED) is 0.805. The second-order valence-electron chi connectivity index (χ2n) is 5.64. The molecule has 3 N–H and O–H groups in total. The molecule has 0 aromatic heterocycles. The Labute approximate surface area is 146 Å². The Bertz CT molecular complexity index is 786. The summed E-state index contributed by atoms with van der Waals surface area (Å²) < 4.78 is 10.6. The fraction of sp³-hybridized carbons (Fsp3) is 0.263. The van der Waals surface area contributed by atoms with E-state index in [0.29, 0.717) is 22.6 Å². The second-order valence-corrected chi connectivity index (χ2v) is 5.64. The van der Waals surface area contributed by atoms with Gasteiger partial charge >= 0.3 is 5.97 Å². The first kappa shape index (κ1) is 18.3. The van der Waals surface area contributed by atoms with Crippen molar-refractivity contribution in [2.45, 2.75) is 19.3 Å². The van der Waals surface area contributed by atoms with Crippen molar-refractivity contribution in [2.75, 3.05) is 14.2 Å². The van der Waals surface area contributed by atoms with Crippen LogP contribution in [-0.4, -0.2) is 31.2 Å². The van der Waals surface area contributed by atoms with Gasteiger partial charge in [-0.25, -0.2) is 4.79 Å². The van der Waals surface area contributed by atoms with Gasteiger partial charge in [0, 0.05) is 0 Å². The van der Waals surface area contributed by atoms with Crippen LogP contribution in [0.5, 0.6) is 11.5 Å². The number of hydrogen-bond donors (Lipinski definition) is 2. The van der Waals surface area contributed by atoms with E-state index in [1.807, 2.05) is 18.2 Å². The number of carbonyl (C=O) groups excluding carboxylic acids is 1. The van der Waals surface area contributed by atoms with Gasteiger partial charge < -0.3 is 20.3 Å². The molecule has 0 bridgehead atoms. The minimum atomic E-state index is -1.10. The molecule has 0 saturated carbocycles. The number of methoxy groups -OCH3 is 2. The molecule has 6 nitrogen and oxygen atoms in total. The van der Waals surface area contributed by atoms with Gasteiger partial charge in [-0.3, -0.25) is 4.79 Å². The molecule has 0 heterocycles. The summed E-state index contributed by atoms with van der Waals surface area (Å²) in [6, 6.07) is 10.5. The Hall–Kier alpha value is -3.02. The van der Waals surface area contributed by atoms with Crippen LogP contribution in [0.1, 0.15) is 33.0 Å². The molecular weight excluding hydrogens is 322 g/mol. The average Bonchev–Trinajstić information content (AvgIpc) is 2.60. The third kappa shape index (κ3) is 3.74. The minimum Gasteiger partial charge on any atom is -0.493 e. The van der Waals surface area contributed by atoms with Gasteiger partial charge in [0.2, 0.25) is 5.91 Å². The van der Waals surface area contributed by atoms with Gasteiger partial charge in [0.15, 0.2) is 11.5 Å². The van der Waals surface area contributed by atoms with Gasteiger partial charge in [-0.2, -0.15) is 0 Å². The van der Waals surface area contributed by atoms with E-state index in [1.165, 1.54) is 20.3 Å². The van der Waals surface area contributed by atoms with Crippen molar-refractivity contribution in [2.24, 2.45) is 5.73 Å². The zero-order valence-corrected chi connectivity index (χ0v) is 14.4. The van der Waals surface area contributed by atoms with Crippen LogP contribution in [0.3, 0.4) is 0 Å². The first-order valence-corrected chi connectivity index (χ1v) is 7.72. The summed E-state index contributed by atoms with van der Waals surface area (Å²) in [5.41, 5.74) is 7.49. The summed E-state index contributed by atoms with van der Waals surface area (Å²) in [4.78, 5) is 23.7. The van der Waals surface area contributed by atoms with E-state index in [0.717, 1.165) is 5.56 Å². The van der Waals surface area contributed by atoms with Crippen molar-refractivity contribution in [3.63, 3.8) is 0 Å². The molecule has 1 amide bonds. The molecule has 0 fully saturated rings. The number of hydrogen-bond acceptors (Lipinski definition) is 4. The molecule has 0 aliphatic rings. The van der Waals surface area contributed by atoms with Crippen LogP contribution < -0.4 is 15.2 Å².